The lowest BCUT2D eigenvalue weighted by Crippen LogP contribution is -2.31. The van der Waals surface area contributed by atoms with Crippen LogP contribution in [0.5, 0.6) is 0 Å². The van der Waals surface area contributed by atoms with Gasteiger partial charge >= 0.3 is 0 Å². The van der Waals surface area contributed by atoms with Gasteiger partial charge in [-0.1, -0.05) is 13.3 Å². The van der Waals surface area contributed by atoms with Crippen LogP contribution in [0.3, 0.4) is 0 Å². The first kappa shape index (κ1) is 12.6. The monoisotopic (exact) mass is 207 g/mol. The van der Waals surface area contributed by atoms with Crippen LogP contribution in [0.25, 0.3) is 0 Å². The molecule has 0 bridgehead atoms. The third kappa shape index (κ3) is 4.26. The van der Waals surface area contributed by atoms with Crippen LogP contribution in [0.4, 0.5) is 0 Å². The Morgan fingerprint density at radius 1 is 1.33 bits per heavy atom. The van der Waals surface area contributed by atoms with Crippen molar-refractivity contribution in [3.05, 3.63) is 0 Å². The minimum absolute atomic E-state index is 0.893. The van der Waals surface area contributed by atoms with Gasteiger partial charge in [0.1, 0.15) is 0 Å². The van der Waals surface area contributed by atoms with E-state index >= 15 is 0 Å². The largest absolute Gasteiger partial charge is 0.319 e. The predicted octanol–water partition coefficient (Wildman–Crippen LogP) is 3.06. The van der Waals surface area contributed by atoms with E-state index in [2.05, 4.69) is 25.2 Å². The summed E-state index contributed by atoms with van der Waals surface area (Å²) in [5, 5.41) is 3.33. The van der Waals surface area contributed by atoms with Gasteiger partial charge in [-0.3, -0.25) is 0 Å². The lowest BCUT2D eigenvalue weighted by molar-refractivity contribution is 0.175. The van der Waals surface area contributed by atoms with E-state index < -0.39 is 0 Å². The fraction of sp³-hybridized carbons (Fsp3) is 0.857. The smallest absolute Gasteiger partial charge is 0.00861 e. The molecule has 1 fully saturated rings. The molecule has 1 nitrogen and oxygen atoms in total. The molecule has 3 unspecified atom stereocenters. The van der Waals surface area contributed by atoms with Crippen LogP contribution in [0, 0.1) is 30.1 Å². The van der Waals surface area contributed by atoms with E-state index in [-0.39, 0.29) is 0 Å². The van der Waals surface area contributed by atoms with Crippen molar-refractivity contribution in [1.82, 2.24) is 5.32 Å². The first-order chi connectivity index (χ1) is 7.27. The maximum atomic E-state index is 5.30. The molecule has 0 heterocycles. The van der Waals surface area contributed by atoms with Crippen molar-refractivity contribution in [3.63, 3.8) is 0 Å². The van der Waals surface area contributed by atoms with Crippen LogP contribution in [0.1, 0.15) is 45.4 Å². The molecule has 0 aromatic heterocycles. The standard InChI is InChI=1S/C14H25N/c1-4-5-6-7-13-10-12(2)8-9-14(13)11-15-3/h1,12-15H,5-11H2,2-3H3. The molecule has 15 heavy (non-hydrogen) atoms. The Morgan fingerprint density at radius 3 is 2.80 bits per heavy atom. The zero-order valence-corrected chi connectivity index (χ0v) is 10.3. The van der Waals surface area contributed by atoms with Crippen molar-refractivity contribution in [2.45, 2.75) is 45.4 Å². The number of hydrogen-bond acceptors (Lipinski definition) is 1. The highest BCUT2D eigenvalue weighted by atomic mass is 14.8. The average molecular weight is 207 g/mol. The number of rotatable bonds is 5. The fourth-order valence-corrected chi connectivity index (χ4v) is 2.91. The summed E-state index contributed by atoms with van der Waals surface area (Å²) in [4.78, 5) is 0. The molecule has 1 aliphatic carbocycles. The van der Waals surface area contributed by atoms with Crippen LogP contribution in [0.2, 0.25) is 0 Å². The summed E-state index contributed by atoms with van der Waals surface area (Å²) in [6.45, 7) is 3.58. The molecule has 1 heteroatoms. The van der Waals surface area contributed by atoms with E-state index in [1.54, 1.807) is 0 Å². The molecule has 0 aromatic rings. The zero-order chi connectivity index (χ0) is 11.1. The lowest BCUT2D eigenvalue weighted by Gasteiger charge is -2.35. The van der Waals surface area contributed by atoms with E-state index in [9.17, 15) is 0 Å². The van der Waals surface area contributed by atoms with E-state index in [0.29, 0.717) is 0 Å². The molecular formula is C14H25N. The van der Waals surface area contributed by atoms with Crippen molar-refractivity contribution in [2.75, 3.05) is 13.6 Å². The summed E-state index contributed by atoms with van der Waals surface area (Å²) in [5.74, 6) is 5.48. The summed E-state index contributed by atoms with van der Waals surface area (Å²) in [5.41, 5.74) is 0. The van der Waals surface area contributed by atoms with Crippen LogP contribution >= 0.6 is 0 Å². The molecular weight excluding hydrogens is 182 g/mol. The highest BCUT2D eigenvalue weighted by molar-refractivity contribution is 4.85. The summed E-state index contributed by atoms with van der Waals surface area (Å²) in [6.07, 6.45) is 13.0. The van der Waals surface area contributed by atoms with E-state index in [4.69, 9.17) is 6.42 Å². The topological polar surface area (TPSA) is 12.0 Å². The van der Waals surface area contributed by atoms with Gasteiger partial charge in [0.25, 0.3) is 0 Å². The van der Waals surface area contributed by atoms with Gasteiger partial charge in [0.2, 0.25) is 0 Å². The SMILES string of the molecule is C#CCCCC1CC(C)CCC1CNC. The summed E-state index contributed by atoms with van der Waals surface area (Å²) in [6, 6.07) is 0. The third-order valence-corrected chi connectivity index (χ3v) is 3.76. The molecule has 0 amide bonds. The number of unbranched alkanes of at least 4 members (excludes halogenated alkanes) is 1. The highest BCUT2D eigenvalue weighted by Gasteiger charge is 2.27. The zero-order valence-electron chi connectivity index (χ0n) is 10.3. The first-order valence-corrected chi connectivity index (χ1v) is 6.36. The minimum Gasteiger partial charge on any atom is -0.319 e. The highest BCUT2D eigenvalue weighted by Crippen LogP contribution is 2.36. The van der Waals surface area contributed by atoms with Crippen LogP contribution in [-0.2, 0) is 0 Å². The molecule has 1 aliphatic rings. The molecule has 1 saturated carbocycles. The van der Waals surface area contributed by atoms with Crippen molar-refractivity contribution in [1.29, 1.82) is 0 Å². The second kappa shape index (κ2) is 6.90. The normalized spacial score (nSPS) is 31.1. The van der Waals surface area contributed by atoms with Gasteiger partial charge in [0, 0.05) is 6.42 Å². The third-order valence-electron chi connectivity index (χ3n) is 3.76. The second-order valence-corrected chi connectivity index (χ2v) is 5.09. The van der Waals surface area contributed by atoms with Gasteiger partial charge < -0.3 is 5.32 Å². The van der Waals surface area contributed by atoms with E-state index in [1.165, 1.54) is 38.6 Å². The number of terminal acetylenes is 1. The molecule has 3 atom stereocenters. The van der Waals surface area contributed by atoms with Crippen LogP contribution in [0.15, 0.2) is 0 Å². The van der Waals surface area contributed by atoms with Gasteiger partial charge in [-0.2, -0.15) is 0 Å². The predicted molar refractivity (Wildman–Crippen MR) is 66.6 cm³/mol. The van der Waals surface area contributed by atoms with Crippen LogP contribution < -0.4 is 5.32 Å². The summed E-state index contributed by atoms with van der Waals surface area (Å²) in [7, 11) is 2.07. The molecule has 0 aromatic carbocycles. The lowest BCUT2D eigenvalue weighted by atomic mass is 9.72. The fourth-order valence-electron chi connectivity index (χ4n) is 2.91. The molecule has 86 valence electrons. The second-order valence-electron chi connectivity index (χ2n) is 5.09. The molecule has 0 aliphatic heterocycles. The van der Waals surface area contributed by atoms with Gasteiger partial charge in [-0.15, -0.1) is 12.3 Å². The van der Waals surface area contributed by atoms with Gasteiger partial charge in [-0.05, 0) is 57.0 Å². The summed E-state index contributed by atoms with van der Waals surface area (Å²) >= 11 is 0. The Bertz CT molecular complexity index is 204. The number of nitrogens with one attached hydrogen (secondary N) is 1. The Hall–Kier alpha value is -0.480. The molecule has 0 saturated heterocycles. The van der Waals surface area contributed by atoms with E-state index in [0.717, 1.165) is 24.2 Å². The van der Waals surface area contributed by atoms with Gasteiger partial charge in [-0.25, -0.2) is 0 Å². The Balaban J connectivity index is 2.36. The van der Waals surface area contributed by atoms with Crippen molar-refractivity contribution >= 4 is 0 Å². The molecule has 0 radical (unpaired) electrons. The van der Waals surface area contributed by atoms with Gasteiger partial charge in [0.05, 0.1) is 0 Å². The van der Waals surface area contributed by atoms with Crippen molar-refractivity contribution < 1.29 is 0 Å². The van der Waals surface area contributed by atoms with Crippen molar-refractivity contribution in [3.8, 4) is 12.3 Å². The summed E-state index contributed by atoms with van der Waals surface area (Å²) < 4.78 is 0. The molecule has 0 spiro atoms. The Labute approximate surface area is 95.0 Å². The maximum Gasteiger partial charge on any atom is 0.00861 e. The first-order valence-electron chi connectivity index (χ1n) is 6.36. The average Bonchev–Trinajstić information content (AvgIpc) is 2.22. The quantitative estimate of drug-likeness (QED) is 0.539. The Kier molecular flexibility index (Phi) is 5.79. The van der Waals surface area contributed by atoms with Crippen LogP contribution in [-0.4, -0.2) is 13.6 Å². The molecule has 1 N–H and O–H groups in total. The molecule has 1 rings (SSSR count). The van der Waals surface area contributed by atoms with E-state index in [1.807, 2.05) is 0 Å². The van der Waals surface area contributed by atoms with Crippen molar-refractivity contribution in [2.24, 2.45) is 17.8 Å². The minimum atomic E-state index is 0.893. The number of hydrogen-bond donors (Lipinski definition) is 1. The Morgan fingerprint density at radius 2 is 2.13 bits per heavy atom. The maximum absolute atomic E-state index is 5.30. The van der Waals surface area contributed by atoms with Gasteiger partial charge in [0.15, 0.2) is 0 Å².